The molecule has 0 spiro atoms. The molecular weight excluding hydrogens is 232 g/mol. The fourth-order valence-electron chi connectivity index (χ4n) is 3.18. The summed E-state index contributed by atoms with van der Waals surface area (Å²) >= 11 is 0. The van der Waals surface area contributed by atoms with E-state index in [-0.39, 0.29) is 0 Å². The molecule has 1 aromatic rings. The topological polar surface area (TPSA) is 6.48 Å². The lowest BCUT2D eigenvalue weighted by atomic mass is 9.87. The number of nitrogens with zero attached hydrogens (tertiary/aromatic N) is 2. The maximum absolute atomic E-state index is 2.55. The first-order valence-electron chi connectivity index (χ1n) is 7.76. The molecule has 2 rings (SSSR count). The highest BCUT2D eigenvalue weighted by molar-refractivity contribution is 5.32. The zero-order valence-electron chi connectivity index (χ0n) is 12.7. The SMILES string of the molecule is CCN(CC)CCN(C)C1CCCc2ccccc21. The van der Waals surface area contributed by atoms with E-state index in [1.54, 1.807) is 11.1 Å². The Hall–Kier alpha value is -0.860. The van der Waals surface area contributed by atoms with Gasteiger partial charge in [0, 0.05) is 19.1 Å². The van der Waals surface area contributed by atoms with Crippen molar-refractivity contribution >= 4 is 0 Å². The van der Waals surface area contributed by atoms with E-state index in [1.807, 2.05) is 0 Å². The van der Waals surface area contributed by atoms with Crippen LogP contribution >= 0.6 is 0 Å². The van der Waals surface area contributed by atoms with Gasteiger partial charge in [0.1, 0.15) is 0 Å². The zero-order valence-corrected chi connectivity index (χ0v) is 12.7. The molecular formula is C17H28N2. The Morgan fingerprint density at radius 3 is 2.58 bits per heavy atom. The minimum atomic E-state index is 0.625. The molecule has 0 fully saturated rings. The Morgan fingerprint density at radius 2 is 1.84 bits per heavy atom. The summed E-state index contributed by atoms with van der Waals surface area (Å²) in [5, 5.41) is 0. The number of hydrogen-bond donors (Lipinski definition) is 0. The fraction of sp³-hybridized carbons (Fsp3) is 0.647. The number of benzene rings is 1. The van der Waals surface area contributed by atoms with E-state index >= 15 is 0 Å². The third-order valence-corrected chi connectivity index (χ3v) is 4.53. The van der Waals surface area contributed by atoms with E-state index in [1.165, 1.54) is 32.4 Å². The molecule has 1 unspecified atom stereocenters. The molecule has 0 saturated carbocycles. The first-order chi connectivity index (χ1) is 9.26. The van der Waals surface area contributed by atoms with Gasteiger partial charge in [-0.05, 0) is 50.5 Å². The molecule has 0 N–H and O–H groups in total. The molecule has 0 aliphatic heterocycles. The third-order valence-electron chi connectivity index (χ3n) is 4.53. The van der Waals surface area contributed by atoms with E-state index in [0.717, 1.165) is 13.1 Å². The van der Waals surface area contributed by atoms with Gasteiger partial charge in [0.25, 0.3) is 0 Å². The van der Waals surface area contributed by atoms with Crippen LogP contribution in [0.3, 0.4) is 0 Å². The van der Waals surface area contributed by atoms with Crippen LogP contribution in [0, 0.1) is 0 Å². The minimum absolute atomic E-state index is 0.625. The average molecular weight is 260 g/mol. The van der Waals surface area contributed by atoms with Crippen LogP contribution in [0.5, 0.6) is 0 Å². The van der Waals surface area contributed by atoms with Gasteiger partial charge < -0.3 is 4.90 Å². The Morgan fingerprint density at radius 1 is 1.11 bits per heavy atom. The fourth-order valence-corrected chi connectivity index (χ4v) is 3.18. The molecule has 0 saturated heterocycles. The van der Waals surface area contributed by atoms with Gasteiger partial charge in [0.15, 0.2) is 0 Å². The van der Waals surface area contributed by atoms with Gasteiger partial charge >= 0.3 is 0 Å². The molecule has 106 valence electrons. The van der Waals surface area contributed by atoms with Gasteiger partial charge in [-0.3, -0.25) is 4.90 Å². The van der Waals surface area contributed by atoms with E-state index in [0.29, 0.717) is 6.04 Å². The minimum Gasteiger partial charge on any atom is -0.303 e. The molecule has 0 aromatic heterocycles. The smallest absolute Gasteiger partial charge is 0.0348 e. The summed E-state index contributed by atoms with van der Waals surface area (Å²) in [6.45, 7) is 9.17. The highest BCUT2D eigenvalue weighted by Crippen LogP contribution is 2.33. The standard InChI is InChI=1S/C17H28N2/c1-4-19(5-2)14-13-18(3)17-12-8-10-15-9-6-7-11-16(15)17/h6-7,9,11,17H,4-5,8,10,12-14H2,1-3H3. The molecule has 1 aromatic carbocycles. The lowest BCUT2D eigenvalue weighted by Gasteiger charge is -2.34. The first-order valence-corrected chi connectivity index (χ1v) is 7.76. The normalized spacial score (nSPS) is 18.9. The van der Waals surface area contributed by atoms with Crippen molar-refractivity contribution in [3.05, 3.63) is 35.4 Å². The second-order valence-corrected chi connectivity index (χ2v) is 5.61. The molecule has 2 heteroatoms. The van der Waals surface area contributed by atoms with Crippen LogP contribution in [-0.4, -0.2) is 43.0 Å². The van der Waals surface area contributed by atoms with Crippen molar-refractivity contribution in [2.75, 3.05) is 33.2 Å². The summed E-state index contributed by atoms with van der Waals surface area (Å²) in [5.74, 6) is 0. The van der Waals surface area contributed by atoms with E-state index in [9.17, 15) is 0 Å². The summed E-state index contributed by atoms with van der Waals surface area (Å²) in [5.41, 5.74) is 3.13. The predicted octanol–water partition coefficient (Wildman–Crippen LogP) is 3.34. The third kappa shape index (κ3) is 3.58. The van der Waals surface area contributed by atoms with Crippen LogP contribution in [0.2, 0.25) is 0 Å². The quantitative estimate of drug-likeness (QED) is 0.774. The summed E-state index contributed by atoms with van der Waals surface area (Å²) in [6.07, 6.45) is 3.90. The van der Waals surface area contributed by atoms with Crippen molar-refractivity contribution in [1.29, 1.82) is 0 Å². The second-order valence-electron chi connectivity index (χ2n) is 5.61. The van der Waals surface area contributed by atoms with Gasteiger partial charge in [0.05, 0.1) is 0 Å². The Balaban J connectivity index is 1.98. The Kier molecular flexibility index (Phi) is 5.41. The summed E-state index contributed by atoms with van der Waals surface area (Å²) in [7, 11) is 2.29. The lowest BCUT2D eigenvalue weighted by Crippen LogP contribution is -2.36. The van der Waals surface area contributed by atoms with Crippen LogP contribution < -0.4 is 0 Å². The van der Waals surface area contributed by atoms with Gasteiger partial charge in [-0.25, -0.2) is 0 Å². The molecule has 2 nitrogen and oxygen atoms in total. The van der Waals surface area contributed by atoms with Crippen molar-refractivity contribution in [2.45, 2.75) is 39.2 Å². The summed E-state index contributed by atoms with van der Waals surface area (Å²) < 4.78 is 0. The van der Waals surface area contributed by atoms with Crippen LogP contribution in [0.15, 0.2) is 24.3 Å². The average Bonchev–Trinajstić information content (AvgIpc) is 2.47. The molecule has 0 heterocycles. The Bertz CT molecular complexity index is 385. The van der Waals surface area contributed by atoms with E-state index < -0.39 is 0 Å². The monoisotopic (exact) mass is 260 g/mol. The molecule has 1 atom stereocenters. The highest BCUT2D eigenvalue weighted by Gasteiger charge is 2.23. The van der Waals surface area contributed by atoms with Crippen LogP contribution in [-0.2, 0) is 6.42 Å². The van der Waals surface area contributed by atoms with Crippen molar-refractivity contribution < 1.29 is 0 Å². The molecule has 1 aliphatic carbocycles. The second kappa shape index (κ2) is 7.06. The number of rotatable bonds is 6. The van der Waals surface area contributed by atoms with Crippen molar-refractivity contribution in [2.24, 2.45) is 0 Å². The molecule has 19 heavy (non-hydrogen) atoms. The number of likely N-dealkylation sites (N-methyl/N-ethyl adjacent to an activating group) is 2. The van der Waals surface area contributed by atoms with Crippen molar-refractivity contribution in [1.82, 2.24) is 9.80 Å². The zero-order chi connectivity index (χ0) is 13.7. The van der Waals surface area contributed by atoms with Gasteiger partial charge in [-0.15, -0.1) is 0 Å². The number of hydrogen-bond acceptors (Lipinski definition) is 2. The van der Waals surface area contributed by atoms with E-state index in [2.05, 4.69) is 55.0 Å². The first kappa shape index (κ1) is 14.5. The van der Waals surface area contributed by atoms with E-state index in [4.69, 9.17) is 0 Å². The van der Waals surface area contributed by atoms with Gasteiger partial charge in [-0.2, -0.15) is 0 Å². The molecule has 0 amide bonds. The van der Waals surface area contributed by atoms with Crippen LogP contribution in [0.1, 0.15) is 43.9 Å². The van der Waals surface area contributed by atoms with Crippen LogP contribution in [0.25, 0.3) is 0 Å². The Labute approximate surface area is 118 Å². The summed E-state index contributed by atoms with van der Waals surface area (Å²) in [6, 6.07) is 9.62. The summed E-state index contributed by atoms with van der Waals surface area (Å²) in [4.78, 5) is 5.06. The maximum Gasteiger partial charge on any atom is 0.0348 e. The number of fused-ring (bicyclic) bond motifs is 1. The largest absolute Gasteiger partial charge is 0.303 e. The molecule has 0 bridgehead atoms. The van der Waals surface area contributed by atoms with Crippen molar-refractivity contribution in [3.8, 4) is 0 Å². The maximum atomic E-state index is 2.55. The molecule has 1 aliphatic rings. The number of aryl methyl sites for hydroxylation is 1. The lowest BCUT2D eigenvalue weighted by molar-refractivity contribution is 0.183. The van der Waals surface area contributed by atoms with Crippen LogP contribution in [0.4, 0.5) is 0 Å². The van der Waals surface area contributed by atoms with Crippen molar-refractivity contribution in [3.63, 3.8) is 0 Å². The highest BCUT2D eigenvalue weighted by atomic mass is 15.2. The van der Waals surface area contributed by atoms with Gasteiger partial charge in [0.2, 0.25) is 0 Å². The van der Waals surface area contributed by atoms with Gasteiger partial charge in [-0.1, -0.05) is 38.1 Å². The molecule has 0 radical (unpaired) electrons. The predicted molar refractivity (Wildman–Crippen MR) is 82.5 cm³/mol.